The molecule has 0 saturated carbocycles. The highest BCUT2D eigenvalue weighted by Crippen LogP contribution is 2.42. The number of fused-ring (bicyclic) bond motifs is 3. The van der Waals surface area contributed by atoms with Crippen LogP contribution in [0.4, 0.5) is 0 Å². The Kier molecular flexibility index (Phi) is 4.14. The van der Waals surface area contributed by atoms with E-state index in [2.05, 4.69) is 9.88 Å². The molecule has 2 aliphatic heterocycles. The fourth-order valence-electron chi connectivity index (χ4n) is 3.55. The maximum Gasteiger partial charge on any atom is 0.231 e. The van der Waals surface area contributed by atoms with Crippen LogP contribution in [0.15, 0.2) is 72.8 Å². The molecule has 1 aromatic heterocycles. The number of pyridine rings is 1. The van der Waals surface area contributed by atoms with Crippen molar-refractivity contribution in [2.24, 2.45) is 0 Å². The molecule has 5 rings (SSSR count). The average Bonchev–Trinajstić information content (AvgIpc) is 3.05. The Morgan fingerprint density at radius 2 is 1.86 bits per heavy atom. The molecule has 0 amide bonds. The number of allylic oxidation sites excluding steroid dienone is 1. The van der Waals surface area contributed by atoms with Crippen molar-refractivity contribution in [3.8, 4) is 11.5 Å². The Hall–Kier alpha value is -3.44. The van der Waals surface area contributed by atoms with Gasteiger partial charge in [0.25, 0.3) is 0 Å². The van der Waals surface area contributed by atoms with E-state index in [1.54, 1.807) is 24.5 Å². The number of hydrogen-bond donors (Lipinski definition) is 0. The van der Waals surface area contributed by atoms with Crippen molar-refractivity contribution in [2.45, 2.75) is 13.1 Å². The van der Waals surface area contributed by atoms with Crippen LogP contribution < -0.4 is 9.47 Å². The molecular formula is C23H18N2O3. The number of carbonyl (C=O) groups is 1. The zero-order chi connectivity index (χ0) is 18.9. The van der Waals surface area contributed by atoms with Crippen molar-refractivity contribution in [1.29, 1.82) is 0 Å². The molecule has 0 atom stereocenters. The van der Waals surface area contributed by atoms with Crippen molar-refractivity contribution < 1.29 is 14.3 Å². The molecule has 0 N–H and O–H groups in total. The number of benzene rings is 2. The molecule has 0 spiro atoms. The van der Waals surface area contributed by atoms with Crippen LogP contribution in [0.2, 0.25) is 0 Å². The summed E-state index contributed by atoms with van der Waals surface area (Å²) in [6.45, 7) is 1.90. The van der Waals surface area contributed by atoms with E-state index >= 15 is 0 Å². The monoisotopic (exact) mass is 370 g/mol. The summed E-state index contributed by atoms with van der Waals surface area (Å²) in [5, 5.41) is 0. The molecule has 138 valence electrons. The third kappa shape index (κ3) is 3.06. The minimum absolute atomic E-state index is 0.0899. The minimum atomic E-state index is -0.0899. The lowest BCUT2D eigenvalue weighted by atomic mass is 10.0. The normalized spacial score (nSPS) is 17.0. The quantitative estimate of drug-likeness (QED) is 0.651. The highest BCUT2D eigenvalue weighted by molar-refractivity contribution is 6.15. The van der Waals surface area contributed by atoms with Crippen LogP contribution in [0, 0.1) is 0 Å². The van der Waals surface area contributed by atoms with E-state index in [0.717, 1.165) is 29.0 Å². The lowest BCUT2D eigenvalue weighted by molar-refractivity contribution is 0.0872. The summed E-state index contributed by atoms with van der Waals surface area (Å²) in [4.78, 5) is 19.0. The third-order valence-electron chi connectivity index (χ3n) is 4.94. The van der Waals surface area contributed by atoms with Gasteiger partial charge in [0.05, 0.1) is 11.1 Å². The van der Waals surface area contributed by atoms with Crippen molar-refractivity contribution >= 4 is 11.9 Å². The fourth-order valence-corrected chi connectivity index (χ4v) is 3.55. The number of rotatable bonds is 3. The summed E-state index contributed by atoms with van der Waals surface area (Å²) in [5.74, 6) is 1.65. The maximum atomic E-state index is 12.8. The first-order valence-corrected chi connectivity index (χ1v) is 9.17. The van der Waals surface area contributed by atoms with Gasteiger partial charge in [-0.15, -0.1) is 0 Å². The van der Waals surface area contributed by atoms with Gasteiger partial charge in [0.15, 0.2) is 5.76 Å². The largest absolute Gasteiger partial charge is 0.478 e. The van der Waals surface area contributed by atoms with Crippen LogP contribution in [0.25, 0.3) is 6.08 Å². The molecule has 3 aromatic rings. The van der Waals surface area contributed by atoms with Gasteiger partial charge in [0.1, 0.15) is 18.2 Å². The highest BCUT2D eigenvalue weighted by atomic mass is 16.5. The van der Waals surface area contributed by atoms with Crippen LogP contribution in [0.5, 0.6) is 11.5 Å². The van der Waals surface area contributed by atoms with Crippen LogP contribution in [0.1, 0.15) is 27.0 Å². The molecule has 5 nitrogen and oxygen atoms in total. The van der Waals surface area contributed by atoms with Crippen LogP contribution in [-0.2, 0) is 13.1 Å². The number of nitrogens with zero attached hydrogens (tertiary/aromatic N) is 2. The van der Waals surface area contributed by atoms with Crippen LogP contribution >= 0.6 is 0 Å². The molecule has 28 heavy (non-hydrogen) atoms. The van der Waals surface area contributed by atoms with Gasteiger partial charge in [0, 0.05) is 25.5 Å². The van der Waals surface area contributed by atoms with Crippen molar-refractivity contribution in [2.75, 3.05) is 6.73 Å². The Labute approximate surface area is 162 Å². The summed E-state index contributed by atoms with van der Waals surface area (Å²) in [7, 11) is 0. The molecule has 0 unspecified atom stereocenters. The van der Waals surface area contributed by atoms with Gasteiger partial charge in [-0.2, -0.15) is 0 Å². The Bertz CT molecular complexity index is 1060. The van der Waals surface area contributed by atoms with Gasteiger partial charge in [-0.25, -0.2) is 0 Å². The molecule has 0 fully saturated rings. The second kappa shape index (κ2) is 6.94. The summed E-state index contributed by atoms with van der Waals surface area (Å²) in [6, 6.07) is 17.3. The first-order chi connectivity index (χ1) is 13.8. The van der Waals surface area contributed by atoms with Crippen molar-refractivity contribution in [3.63, 3.8) is 0 Å². The summed E-state index contributed by atoms with van der Waals surface area (Å²) >= 11 is 0. The molecule has 0 aliphatic carbocycles. The van der Waals surface area contributed by atoms with E-state index in [0.29, 0.717) is 30.3 Å². The van der Waals surface area contributed by atoms with E-state index in [1.807, 2.05) is 48.5 Å². The predicted molar refractivity (Wildman–Crippen MR) is 105 cm³/mol. The number of aromatic nitrogens is 1. The summed E-state index contributed by atoms with van der Waals surface area (Å²) in [5.41, 5.74) is 3.61. The van der Waals surface area contributed by atoms with Gasteiger partial charge in [-0.3, -0.25) is 14.7 Å². The smallest absolute Gasteiger partial charge is 0.231 e. The second-order valence-electron chi connectivity index (χ2n) is 6.89. The van der Waals surface area contributed by atoms with Gasteiger partial charge in [0.2, 0.25) is 5.78 Å². The third-order valence-corrected chi connectivity index (χ3v) is 4.94. The van der Waals surface area contributed by atoms with Crippen molar-refractivity contribution in [1.82, 2.24) is 9.88 Å². The highest BCUT2D eigenvalue weighted by Gasteiger charge is 2.33. The molecular weight excluding hydrogens is 352 g/mol. The Morgan fingerprint density at radius 3 is 2.68 bits per heavy atom. The molecule has 2 aliphatic rings. The first kappa shape index (κ1) is 16.7. The zero-order valence-electron chi connectivity index (χ0n) is 15.2. The van der Waals surface area contributed by atoms with E-state index in [-0.39, 0.29) is 5.78 Å². The Morgan fingerprint density at radius 1 is 1.04 bits per heavy atom. The van der Waals surface area contributed by atoms with Crippen LogP contribution in [-0.4, -0.2) is 22.4 Å². The van der Waals surface area contributed by atoms with E-state index in [1.165, 1.54) is 0 Å². The van der Waals surface area contributed by atoms with Gasteiger partial charge < -0.3 is 9.47 Å². The zero-order valence-corrected chi connectivity index (χ0v) is 15.2. The average molecular weight is 370 g/mol. The second-order valence-corrected chi connectivity index (χ2v) is 6.89. The molecule has 0 bridgehead atoms. The fraction of sp³-hybridized carbons (Fsp3) is 0.130. The Balaban J connectivity index is 1.44. The van der Waals surface area contributed by atoms with E-state index in [9.17, 15) is 4.79 Å². The summed E-state index contributed by atoms with van der Waals surface area (Å²) < 4.78 is 11.9. The predicted octanol–water partition coefficient (Wildman–Crippen LogP) is 4.05. The van der Waals surface area contributed by atoms with Gasteiger partial charge >= 0.3 is 0 Å². The van der Waals surface area contributed by atoms with Gasteiger partial charge in [-0.1, -0.05) is 30.3 Å². The van der Waals surface area contributed by atoms with E-state index in [4.69, 9.17) is 9.47 Å². The minimum Gasteiger partial charge on any atom is -0.478 e. The maximum absolute atomic E-state index is 12.8. The van der Waals surface area contributed by atoms with Gasteiger partial charge in [-0.05, 0) is 41.5 Å². The molecule has 0 saturated heterocycles. The topological polar surface area (TPSA) is 51.7 Å². The standard InChI is InChI=1S/C23H18N2O3/c26-22-18-6-7-20-19(14-25(15-27-20)13-17-8-10-24-11-9-17)23(18)28-21(22)12-16-4-2-1-3-5-16/h1-12H,13-15H2. The first-order valence-electron chi connectivity index (χ1n) is 9.17. The molecule has 0 radical (unpaired) electrons. The number of ether oxygens (including phenoxy) is 2. The number of Topliss-reactive ketones (excluding diaryl/α,β-unsaturated/α-hetero) is 1. The molecule has 2 aromatic carbocycles. The lowest BCUT2D eigenvalue weighted by Crippen LogP contribution is -2.31. The number of hydrogen-bond acceptors (Lipinski definition) is 5. The molecule has 5 heteroatoms. The summed E-state index contributed by atoms with van der Waals surface area (Å²) in [6.07, 6.45) is 5.36. The number of carbonyl (C=O) groups excluding carboxylic acids is 1. The van der Waals surface area contributed by atoms with Crippen LogP contribution in [0.3, 0.4) is 0 Å². The van der Waals surface area contributed by atoms with E-state index < -0.39 is 0 Å². The SMILES string of the molecule is O=C1C(=Cc2ccccc2)Oc2c1ccc1c2CN(Cc2ccncc2)CO1. The van der Waals surface area contributed by atoms with Crippen molar-refractivity contribution in [3.05, 3.63) is 95.0 Å². The molecule has 3 heterocycles. The lowest BCUT2D eigenvalue weighted by Gasteiger charge is -2.29. The number of ketones is 1.